The highest BCUT2D eigenvalue weighted by Gasteiger charge is 2.32. The number of nitrogens with one attached hydrogen (secondary N) is 1. The molecule has 0 bridgehead atoms. The molecule has 0 saturated heterocycles. The van der Waals surface area contributed by atoms with E-state index in [-0.39, 0.29) is 12.5 Å². The van der Waals surface area contributed by atoms with Crippen molar-refractivity contribution in [1.82, 2.24) is 10.2 Å². The van der Waals surface area contributed by atoms with Crippen molar-refractivity contribution in [3.8, 4) is 0 Å². The zero-order chi connectivity index (χ0) is 29.1. The lowest BCUT2D eigenvalue weighted by molar-refractivity contribution is -0.140. The molecule has 1 N–H and O–H groups in total. The van der Waals surface area contributed by atoms with Gasteiger partial charge < -0.3 is 10.2 Å². The summed E-state index contributed by atoms with van der Waals surface area (Å²) in [5, 5.41) is 3.00. The minimum atomic E-state index is -3.78. The maximum absolute atomic E-state index is 14.1. The Bertz CT molecular complexity index is 1340. The summed E-state index contributed by atoms with van der Waals surface area (Å²) in [5.41, 5.74) is 4.33. The molecular formula is C32H41N3O4S. The lowest BCUT2D eigenvalue weighted by Crippen LogP contribution is -2.53. The molecule has 3 aromatic rings. The average molecular weight is 564 g/mol. The lowest BCUT2D eigenvalue weighted by atomic mass is 10.0. The van der Waals surface area contributed by atoms with Crippen LogP contribution in [0.25, 0.3) is 0 Å². The molecule has 0 saturated carbocycles. The molecule has 0 aliphatic carbocycles. The molecule has 0 aliphatic rings. The van der Waals surface area contributed by atoms with Crippen molar-refractivity contribution < 1.29 is 18.0 Å². The lowest BCUT2D eigenvalue weighted by Gasteiger charge is -2.33. The second-order valence-corrected chi connectivity index (χ2v) is 12.1. The normalized spacial score (nSPS) is 12.0. The fraction of sp³-hybridized carbons (Fsp3) is 0.375. The summed E-state index contributed by atoms with van der Waals surface area (Å²) in [6, 6.07) is 23.7. The zero-order valence-corrected chi connectivity index (χ0v) is 24.8. The van der Waals surface area contributed by atoms with Crippen LogP contribution >= 0.6 is 0 Å². The minimum Gasteiger partial charge on any atom is -0.354 e. The molecule has 3 aromatic carbocycles. The molecule has 40 heavy (non-hydrogen) atoms. The number of unbranched alkanes of at least 4 members (excludes halogenated alkanes) is 1. The van der Waals surface area contributed by atoms with Crippen LogP contribution in [0.15, 0.2) is 78.9 Å². The number of hydrogen-bond acceptors (Lipinski definition) is 4. The molecule has 0 fully saturated rings. The van der Waals surface area contributed by atoms with Crippen LogP contribution in [-0.2, 0) is 39.0 Å². The summed E-state index contributed by atoms with van der Waals surface area (Å²) >= 11 is 0. The van der Waals surface area contributed by atoms with Gasteiger partial charge in [-0.05, 0) is 48.6 Å². The minimum absolute atomic E-state index is 0.171. The van der Waals surface area contributed by atoms with Crippen LogP contribution in [0.5, 0.6) is 0 Å². The molecule has 1 unspecified atom stereocenters. The second-order valence-electron chi connectivity index (χ2n) is 10.1. The first-order chi connectivity index (χ1) is 19.1. The predicted molar refractivity (Wildman–Crippen MR) is 162 cm³/mol. The largest absolute Gasteiger partial charge is 0.354 e. The van der Waals surface area contributed by atoms with Crippen LogP contribution < -0.4 is 9.62 Å². The average Bonchev–Trinajstić information content (AvgIpc) is 2.94. The van der Waals surface area contributed by atoms with Crippen molar-refractivity contribution in [3.63, 3.8) is 0 Å². The van der Waals surface area contributed by atoms with Crippen LogP contribution in [0, 0.1) is 6.92 Å². The molecular weight excluding hydrogens is 522 g/mol. The Morgan fingerprint density at radius 1 is 0.850 bits per heavy atom. The van der Waals surface area contributed by atoms with Crippen molar-refractivity contribution in [1.29, 1.82) is 0 Å². The number of rotatable bonds is 14. The van der Waals surface area contributed by atoms with Gasteiger partial charge in [-0.15, -0.1) is 0 Å². The standard InChI is InChI=1S/C32H41N3O4S/c1-5-7-21-33-32(37)30(22-27-11-9-8-10-12-27)34(23-28-15-13-25(3)14-16-28)31(36)24-35(40(4,38)39)29-19-17-26(6-2)18-20-29/h8-20,30H,5-7,21-24H2,1-4H3,(H,33,37). The molecule has 0 spiro atoms. The molecule has 2 amide bonds. The zero-order valence-electron chi connectivity index (χ0n) is 24.0. The van der Waals surface area contributed by atoms with Crippen molar-refractivity contribution in [2.24, 2.45) is 0 Å². The predicted octanol–water partition coefficient (Wildman–Crippen LogP) is 4.88. The molecule has 0 aromatic heterocycles. The smallest absolute Gasteiger partial charge is 0.244 e. The number of carbonyl (C=O) groups excluding carboxylic acids is 2. The molecule has 0 aliphatic heterocycles. The molecule has 7 nitrogen and oxygen atoms in total. The van der Waals surface area contributed by atoms with Gasteiger partial charge in [-0.3, -0.25) is 13.9 Å². The first-order valence-electron chi connectivity index (χ1n) is 13.9. The van der Waals surface area contributed by atoms with E-state index in [0.29, 0.717) is 18.7 Å². The van der Waals surface area contributed by atoms with Gasteiger partial charge in [0, 0.05) is 19.5 Å². The summed E-state index contributed by atoms with van der Waals surface area (Å²) in [6.45, 7) is 6.32. The molecule has 214 valence electrons. The fourth-order valence-electron chi connectivity index (χ4n) is 4.46. The summed E-state index contributed by atoms with van der Waals surface area (Å²) in [5.74, 6) is -0.701. The van der Waals surface area contributed by atoms with Gasteiger partial charge in [-0.25, -0.2) is 8.42 Å². The number of hydrogen-bond donors (Lipinski definition) is 1. The fourth-order valence-corrected chi connectivity index (χ4v) is 5.31. The van der Waals surface area contributed by atoms with Crippen molar-refractivity contribution in [3.05, 3.63) is 101 Å². The highest BCUT2D eigenvalue weighted by Crippen LogP contribution is 2.21. The van der Waals surface area contributed by atoms with E-state index in [1.165, 1.54) is 4.90 Å². The van der Waals surface area contributed by atoms with E-state index in [1.54, 1.807) is 12.1 Å². The molecule has 1 atom stereocenters. The Morgan fingerprint density at radius 3 is 2.05 bits per heavy atom. The van der Waals surface area contributed by atoms with Gasteiger partial charge in [0.05, 0.1) is 11.9 Å². The molecule has 0 heterocycles. The summed E-state index contributed by atoms with van der Waals surface area (Å²) < 4.78 is 26.9. The van der Waals surface area contributed by atoms with E-state index in [1.807, 2.05) is 87.5 Å². The number of amides is 2. The summed E-state index contributed by atoms with van der Waals surface area (Å²) in [4.78, 5) is 29.2. The van der Waals surface area contributed by atoms with Gasteiger partial charge in [0.15, 0.2) is 0 Å². The maximum atomic E-state index is 14.1. The van der Waals surface area contributed by atoms with Crippen LogP contribution in [-0.4, -0.2) is 50.5 Å². The maximum Gasteiger partial charge on any atom is 0.244 e. The number of carbonyl (C=O) groups is 2. The summed E-state index contributed by atoms with van der Waals surface area (Å²) in [6.07, 6.45) is 3.97. The van der Waals surface area contributed by atoms with E-state index in [2.05, 4.69) is 5.32 Å². The third kappa shape index (κ3) is 8.95. The van der Waals surface area contributed by atoms with Crippen molar-refractivity contribution in [2.45, 2.75) is 59.0 Å². The highest BCUT2D eigenvalue weighted by atomic mass is 32.2. The number of nitrogens with zero attached hydrogens (tertiary/aromatic N) is 2. The van der Waals surface area contributed by atoms with Crippen LogP contribution in [0.4, 0.5) is 5.69 Å². The number of sulfonamides is 1. The van der Waals surface area contributed by atoms with Crippen LogP contribution in [0.3, 0.4) is 0 Å². The number of aryl methyl sites for hydroxylation is 2. The van der Waals surface area contributed by atoms with Crippen LogP contribution in [0.2, 0.25) is 0 Å². The van der Waals surface area contributed by atoms with Crippen molar-refractivity contribution in [2.75, 3.05) is 23.7 Å². The third-order valence-electron chi connectivity index (χ3n) is 6.89. The van der Waals surface area contributed by atoms with E-state index < -0.39 is 28.5 Å². The highest BCUT2D eigenvalue weighted by molar-refractivity contribution is 7.92. The van der Waals surface area contributed by atoms with E-state index >= 15 is 0 Å². The molecule has 8 heteroatoms. The Hall–Kier alpha value is -3.65. The molecule has 3 rings (SSSR count). The first kappa shape index (κ1) is 30.9. The SMILES string of the molecule is CCCCNC(=O)C(Cc1ccccc1)N(Cc1ccc(C)cc1)C(=O)CN(c1ccc(CC)cc1)S(C)(=O)=O. The van der Waals surface area contributed by atoms with Gasteiger partial charge >= 0.3 is 0 Å². The summed E-state index contributed by atoms with van der Waals surface area (Å²) in [7, 11) is -3.78. The quantitative estimate of drug-likeness (QED) is 0.283. The Morgan fingerprint density at radius 2 is 1.48 bits per heavy atom. The molecule has 0 radical (unpaired) electrons. The second kappa shape index (κ2) is 14.7. The topological polar surface area (TPSA) is 86.8 Å². The van der Waals surface area contributed by atoms with Gasteiger partial charge in [-0.1, -0.05) is 92.6 Å². The van der Waals surface area contributed by atoms with Gasteiger partial charge in [-0.2, -0.15) is 0 Å². The van der Waals surface area contributed by atoms with E-state index in [9.17, 15) is 18.0 Å². The Kier molecular flexibility index (Phi) is 11.3. The van der Waals surface area contributed by atoms with Crippen molar-refractivity contribution >= 4 is 27.5 Å². The van der Waals surface area contributed by atoms with Gasteiger partial charge in [0.2, 0.25) is 21.8 Å². The first-order valence-corrected chi connectivity index (χ1v) is 15.7. The van der Waals surface area contributed by atoms with E-state index in [0.717, 1.165) is 52.1 Å². The Labute approximate surface area is 239 Å². The van der Waals surface area contributed by atoms with E-state index in [4.69, 9.17) is 0 Å². The van der Waals surface area contributed by atoms with Crippen LogP contribution in [0.1, 0.15) is 48.9 Å². The van der Waals surface area contributed by atoms with Gasteiger partial charge in [0.25, 0.3) is 0 Å². The number of anilines is 1. The monoisotopic (exact) mass is 563 g/mol. The number of benzene rings is 3. The van der Waals surface area contributed by atoms with Gasteiger partial charge in [0.1, 0.15) is 12.6 Å². The third-order valence-corrected chi connectivity index (χ3v) is 8.03. The Balaban J connectivity index is 2.01.